The summed E-state index contributed by atoms with van der Waals surface area (Å²) in [6, 6.07) is 3.26. The Labute approximate surface area is 124 Å². The van der Waals surface area contributed by atoms with Crippen molar-refractivity contribution in [1.82, 2.24) is 10.3 Å². The number of hydrogen-bond acceptors (Lipinski definition) is 4. The molecule has 0 bridgehead atoms. The standard InChI is InChI=1S/C16H20N2O3/c1-12-2-3-13(10-12)11-15(19)21-9-8-18-16(20)14-4-6-17-7-5-14/h4-7,11-12H,2-3,8-10H2,1H3,(H,18,20). The first-order chi connectivity index (χ1) is 10.1. The van der Waals surface area contributed by atoms with E-state index in [-0.39, 0.29) is 18.5 Å². The first kappa shape index (κ1) is 15.2. The lowest BCUT2D eigenvalue weighted by molar-refractivity contribution is -0.137. The molecule has 5 nitrogen and oxygen atoms in total. The normalized spacial score (nSPS) is 19.5. The maximum absolute atomic E-state index is 11.7. The lowest BCUT2D eigenvalue weighted by Crippen LogP contribution is -2.27. The Morgan fingerprint density at radius 3 is 2.86 bits per heavy atom. The highest BCUT2D eigenvalue weighted by Crippen LogP contribution is 2.29. The van der Waals surface area contributed by atoms with Crippen molar-refractivity contribution in [1.29, 1.82) is 0 Å². The number of ether oxygens (including phenoxy) is 1. The van der Waals surface area contributed by atoms with Crippen LogP contribution in [-0.2, 0) is 9.53 Å². The Hall–Kier alpha value is -2.17. The molecule has 0 aliphatic heterocycles. The van der Waals surface area contributed by atoms with Crippen LogP contribution >= 0.6 is 0 Å². The fourth-order valence-corrected chi connectivity index (χ4v) is 2.34. The average Bonchev–Trinajstić information content (AvgIpc) is 2.89. The largest absolute Gasteiger partial charge is 0.461 e. The van der Waals surface area contributed by atoms with Gasteiger partial charge in [-0.1, -0.05) is 12.5 Å². The van der Waals surface area contributed by atoms with E-state index in [0.29, 0.717) is 18.0 Å². The first-order valence-electron chi connectivity index (χ1n) is 7.19. The van der Waals surface area contributed by atoms with Crippen molar-refractivity contribution < 1.29 is 14.3 Å². The molecule has 0 aromatic carbocycles. The van der Waals surface area contributed by atoms with Gasteiger partial charge in [0, 0.05) is 24.0 Å². The minimum absolute atomic E-state index is 0.176. The molecule has 1 aromatic heterocycles. The van der Waals surface area contributed by atoms with Gasteiger partial charge in [-0.05, 0) is 37.3 Å². The van der Waals surface area contributed by atoms with Crippen molar-refractivity contribution in [3.63, 3.8) is 0 Å². The van der Waals surface area contributed by atoms with E-state index in [1.54, 1.807) is 30.6 Å². The zero-order valence-electron chi connectivity index (χ0n) is 12.2. The minimum Gasteiger partial charge on any atom is -0.461 e. The van der Waals surface area contributed by atoms with Gasteiger partial charge in [0.2, 0.25) is 0 Å². The van der Waals surface area contributed by atoms with Gasteiger partial charge >= 0.3 is 5.97 Å². The van der Waals surface area contributed by atoms with Crippen LogP contribution in [-0.4, -0.2) is 30.0 Å². The first-order valence-corrected chi connectivity index (χ1v) is 7.19. The summed E-state index contributed by atoms with van der Waals surface area (Å²) in [4.78, 5) is 27.2. The predicted molar refractivity (Wildman–Crippen MR) is 78.6 cm³/mol. The molecule has 112 valence electrons. The van der Waals surface area contributed by atoms with Crippen LogP contribution < -0.4 is 5.32 Å². The Balaban J connectivity index is 1.66. The maximum atomic E-state index is 11.7. The highest BCUT2D eigenvalue weighted by molar-refractivity contribution is 5.93. The Bertz CT molecular complexity index is 526. The van der Waals surface area contributed by atoms with Crippen LogP contribution in [0.25, 0.3) is 0 Å². The number of carbonyl (C=O) groups excluding carboxylic acids is 2. The van der Waals surface area contributed by atoms with Crippen molar-refractivity contribution >= 4 is 11.9 Å². The van der Waals surface area contributed by atoms with Gasteiger partial charge in [0.05, 0.1) is 6.54 Å². The van der Waals surface area contributed by atoms with E-state index < -0.39 is 0 Å². The second-order valence-electron chi connectivity index (χ2n) is 5.31. The number of pyridine rings is 1. The topological polar surface area (TPSA) is 68.3 Å². The number of esters is 1. The Morgan fingerprint density at radius 1 is 1.43 bits per heavy atom. The van der Waals surface area contributed by atoms with E-state index >= 15 is 0 Å². The van der Waals surface area contributed by atoms with E-state index in [0.717, 1.165) is 24.8 Å². The molecule has 0 spiro atoms. The summed E-state index contributed by atoms with van der Waals surface area (Å²) >= 11 is 0. The van der Waals surface area contributed by atoms with E-state index in [4.69, 9.17) is 4.74 Å². The van der Waals surface area contributed by atoms with Crippen molar-refractivity contribution in [2.75, 3.05) is 13.2 Å². The van der Waals surface area contributed by atoms with Crippen LogP contribution in [0.2, 0.25) is 0 Å². The number of amides is 1. The third kappa shape index (κ3) is 5.02. The fraction of sp³-hybridized carbons (Fsp3) is 0.438. The molecule has 1 aliphatic rings. The SMILES string of the molecule is CC1CCC(=CC(=O)OCCNC(=O)c2ccncc2)C1. The van der Waals surface area contributed by atoms with Gasteiger partial charge in [-0.15, -0.1) is 0 Å². The van der Waals surface area contributed by atoms with Gasteiger partial charge in [0.1, 0.15) is 6.61 Å². The lowest BCUT2D eigenvalue weighted by Gasteiger charge is -2.05. The third-order valence-electron chi connectivity index (χ3n) is 3.47. The fourth-order valence-electron chi connectivity index (χ4n) is 2.34. The van der Waals surface area contributed by atoms with Crippen molar-refractivity contribution in [2.45, 2.75) is 26.2 Å². The third-order valence-corrected chi connectivity index (χ3v) is 3.47. The molecule has 1 aromatic rings. The molecule has 1 amide bonds. The van der Waals surface area contributed by atoms with Crippen LogP contribution in [0.3, 0.4) is 0 Å². The van der Waals surface area contributed by atoms with Crippen molar-refractivity contribution in [2.24, 2.45) is 5.92 Å². The van der Waals surface area contributed by atoms with Crippen LogP contribution in [0.4, 0.5) is 0 Å². The molecule has 0 radical (unpaired) electrons. The quantitative estimate of drug-likeness (QED) is 0.512. The predicted octanol–water partition coefficient (Wildman–Crippen LogP) is 2.10. The highest BCUT2D eigenvalue weighted by atomic mass is 16.5. The monoisotopic (exact) mass is 288 g/mol. The van der Waals surface area contributed by atoms with Gasteiger partial charge in [0.25, 0.3) is 5.91 Å². The van der Waals surface area contributed by atoms with Crippen molar-refractivity contribution in [3.8, 4) is 0 Å². The molecular weight excluding hydrogens is 268 g/mol. The highest BCUT2D eigenvalue weighted by Gasteiger charge is 2.16. The number of nitrogens with zero attached hydrogens (tertiary/aromatic N) is 1. The molecule has 21 heavy (non-hydrogen) atoms. The van der Waals surface area contributed by atoms with Gasteiger partial charge in [-0.3, -0.25) is 9.78 Å². The van der Waals surface area contributed by atoms with Gasteiger partial charge in [0.15, 0.2) is 0 Å². The van der Waals surface area contributed by atoms with Crippen LogP contribution in [0, 0.1) is 5.92 Å². The summed E-state index contributed by atoms with van der Waals surface area (Å²) in [6.07, 6.45) is 7.81. The van der Waals surface area contributed by atoms with Gasteiger partial charge in [-0.2, -0.15) is 0 Å². The summed E-state index contributed by atoms with van der Waals surface area (Å²) in [5.74, 6) is 0.136. The summed E-state index contributed by atoms with van der Waals surface area (Å²) in [5.41, 5.74) is 1.70. The molecule has 2 rings (SSSR count). The van der Waals surface area contributed by atoms with E-state index in [1.165, 1.54) is 0 Å². The zero-order valence-corrected chi connectivity index (χ0v) is 12.2. The Kier molecular flexibility index (Phi) is 5.49. The average molecular weight is 288 g/mol. The number of rotatable bonds is 5. The summed E-state index contributed by atoms with van der Waals surface area (Å²) in [6.45, 7) is 2.66. The molecule has 5 heteroatoms. The van der Waals surface area contributed by atoms with Gasteiger partial charge in [-0.25, -0.2) is 4.79 Å². The molecule has 1 N–H and O–H groups in total. The molecule has 0 saturated heterocycles. The summed E-state index contributed by atoms with van der Waals surface area (Å²) in [7, 11) is 0. The molecule has 1 aliphatic carbocycles. The van der Waals surface area contributed by atoms with Crippen LogP contribution in [0.15, 0.2) is 36.2 Å². The number of nitrogens with one attached hydrogen (secondary N) is 1. The smallest absolute Gasteiger partial charge is 0.330 e. The maximum Gasteiger partial charge on any atom is 0.330 e. The molecule has 1 heterocycles. The van der Waals surface area contributed by atoms with Crippen molar-refractivity contribution in [3.05, 3.63) is 41.7 Å². The molecular formula is C16H20N2O3. The van der Waals surface area contributed by atoms with Gasteiger partial charge < -0.3 is 10.1 Å². The number of carbonyl (C=O) groups is 2. The molecule has 1 fully saturated rings. The number of aromatic nitrogens is 1. The molecule has 1 unspecified atom stereocenters. The number of hydrogen-bond donors (Lipinski definition) is 1. The lowest BCUT2D eigenvalue weighted by atomic mass is 10.1. The minimum atomic E-state index is -0.322. The molecule has 1 atom stereocenters. The van der Waals surface area contributed by atoms with E-state index in [2.05, 4.69) is 17.2 Å². The Morgan fingerprint density at radius 2 is 2.19 bits per heavy atom. The van der Waals surface area contributed by atoms with E-state index in [1.807, 2.05) is 0 Å². The summed E-state index contributed by atoms with van der Waals surface area (Å²) < 4.78 is 5.08. The summed E-state index contributed by atoms with van der Waals surface area (Å²) in [5, 5.41) is 2.69. The second kappa shape index (κ2) is 7.57. The van der Waals surface area contributed by atoms with Crippen LogP contribution in [0.1, 0.15) is 36.5 Å². The number of allylic oxidation sites excluding steroid dienone is 1. The van der Waals surface area contributed by atoms with E-state index in [9.17, 15) is 9.59 Å². The van der Waals surface area contributed by atoms with Crippen LogP contribution in [0.5, 0.6) is 0 Å². The second-order valence-corrected chi connectivity index (χ2v) is 5.31. The zero-order chi connectivity index (χ0) is 15.1. The molecule has 1 saturated carbocycles.